The van der Waals surface area contributed by atoms with Gasteiger partial charge in [0.25, 0.3) is 0 Å². The van der Waals surface area contributed by atoms with E-state index in [0.717, 1.165) is 42.3 Å². The van der Waals surface area contributed by atoms with Gasteiger partial charge in [0, 0.05) is 24.2 Å². The molecular formula is C15H18N4O. The summed E-state index contributed by atoms with van der Waals surface area (Å²) >= 11 is 0. The Morgan fingerprint density at radius 3 is 2.80 bits per heavy atom. The third kappa shape index (κ3) is 2.88. The molecule has 1 atom stereocenters. The molecule has 0 amide bonds. The average Bonchev–Trinajstić information content (AvgIpc) is 3.01. The molecule has 0 bridgehead atoms. The number of aromatic nitrogens is 2. The molecule has 0 radical (unpaired) electrons. The second-order valence-corrected chi connectivity index (χ2v) is 4.85. The van der Waals surface area contributed by atoms with Crippen molar-refractivity contribution >= 4 is 5.82 Å². The van der Waals surface area contributed by atoms with Crippen molar-refractivity contribution < 1.29 is 4.74 Å². The Labute approximate surface area is 118 Å². The van der Waals surface area contributed by atoms with E-state index in [-0.39, 0.29) is 0 Å². The first kappa shape index (κ1) is 12.9. The number of hydrogen-bond acceptors (Lipinski definition) is 5. The maximum atomic E-state index is 5.17. The first-order valence-corrected chi connectivity index (χ1v) is 6.79. The van der Waals surface area contributed by atoms with Gasteiger partial charge in [-0.05, 0) is 37.2 Å². The molecular weight excluding hydrogens is 252 g/mol. The molecule has 1 unspecified atom stereocenters. The van der Waals surface area contributed by atoms with Crippen LogP contribution in [0.25, 0.3) is 11.3 Å². The predicted molar refractivity (Wildman–Crippen MR) is 78.9 cm³/mol. The molecule has 2 N–H and O–H groups in total. The van der Waals surface area contributed by atoms with Gasteiger partial charge < -0.3 is 15.4 Å². The molecule has 0 saturated carbocycles. The lowest BCUT2D eigenvalue weighted by Crippen LogP contribution is -2.22. The molecule has 0 spiro atoms. The van der Waals surface area contributed by atoms with E-state index >= 15 is 0 Å². The van der Waals surface area contributed by atoms with E-state index in [1.807, 2.05) is 30.3 Å². The van der Waals surface area contributed by atoms with E-state index in [9.17, 15) is 0 Å². The van der Waals surface area contributed by atoms with Crippen molar-refractivity contribution in [1.82, 2.24) is 15.3 Å². The van der Waals surface area contributed by atoms with Gasteiger partial charge in [-0.25, -0.2) is 9.97 Å². The fraction of sp³-hybridized carbons (Fsp3) is 0.333. The van der Waals surface area contributed by atoms with Crippen molar-refractivity contribution in [2.24, 2.45) is 0 Å². The number of anilines is 1. The molecule has 1 saturated heterocycles. The summed E-state index contributed by atoms with van der Waals surface area (Å²) in [7, 11) is 1.66. The molecule has 20 heavy (non-hydrogen) atoms. The number of nitrogens with one attached hydrogen (secondary N) is 2. The number of hydrogen-bond donors (Lipinski definition) is 2. The maximum Gasteiger partial charge on any atom is 0.130 e. The smallest absolute Gasteiger partial charge is 0.130 e. The number of methoxy groups -OCH3 is 1. The molecule has 0 aliphatic carbocycles. The molecule has 5 heteroatoms. The zero-order valence-electron chi connectivity index (χ0n) is 11.5. The molecule has 1 fully saturated rings. The fourth-order valence-electron chi connectivity index (χ4n) is 2.34. The SMILES string of the molecule is COc1ccc(-c2cc(NC3CCNC3)ncn2)cc1. The van der Waals surface area contributed by atoms with Crippen LogP contribution in [0.15, 0.2) is 36.7 Å². The van der Waals surface area contributed by atoms with Gasteiger partial charge in [-0.1, -0.05) is 0 Å². The first-order chi connectivity index (χ1) is 9.85. The average molecular weight is 270 g/mol. The summed E-state index contributed by atoms with van der Waals surface area (Å²) in [5.41, 5.74) is 1.97. The van der Waals surface area contributed by atoms with Crippen LogP contribution in [-0.4, -0.2) is 36.2 Å². The Kier molecular flexibility index (Phi) is 3.78. The van der Waals surface area contributed by atoms with E-state index in [2.05, 4.69) is 20.6 Å². The summed E-state index contributed by atoms with van der Waals surface area (Å²) in [5.74, 6) is 1.72. The van der Waals surface area contributed by atoms with Gasteiger partial charge in [-0.2, -0.15) is 0 Å². The van der Waals surface area contributed by atoms with E-state index in [1.54, 1.807) is 13.4 Å². The number of ether oxygens (including phenoxy) is 1. The molecule has 1 aliphatic rings. The van der Waals surface area contributed by atoms with Gasteiger partial charge >= 0.3 is 0 Å². The highest BCUT2D eigenvalue weighted by atomic mass is 16.5. The van der Waals surface area contributed by atoms with Crippen LogP contribution in [0.2, 0.25) is 0 Å². The Hall–Kier alpha value is -2.14. The van der Waals surface area contributed by atoms with Crippen molar-refractivity contribution in [2.75, 3.05) is 25.5 Å². The first-order valence-electron chi connectivity index (χ1n) is 6.79. The van der Waals surface area contributed by atoms with Crippen LogP contribution in [-0.2, 0) is 0 Å². The van der Waals surface area contributed by atoms with Crippen molar-refractivity contribution in [2.45, 2.75) is 12.5 Å². The molecule has 3 rings (SSSR count). The summed E-state index contributed by atoms with van der Waals surface area (Å²) in [6.45, 7) is 2.05. The minimum Gasteiger partial charge on any atom is -0.497 e. The third-order valence-corrected chi connectivity index (χ3v) is 3.47. The maximum absolute atomic E-state index is 5.17. The molecule has 1 aromatic carbocycles. The Bertz CT molecular complexity index is 564. The largest absolute Gasteiger partial charge is 0.497 e. The van der Waals surface area contributed by atoms with Gasteiger partial charge in [0.1, 0.15) is 17.9 Å². The quantitative estimate of drug-likeness (QED) is 0.889. The van der Waals surface area contributed by atoms with Gasteiger partial charge in [0.2, 0.25) is 0 Å². The number of rotatable bonds is 4. The Balaban J connectivity index is 1.78. The lowest BCUT2D eigenvalue weighted by atomic mass is 10.1. The predicted octanol–water partition coefficient (Wildman–Crippen LogP) is 1.93. The van der Waals surface area contributed by atoms with E-state index in [1.165, 1.54) is 0 Å². The Morgan fingerprint density at radius 2 is 2.10 bits per heavy atom. The summed E-state index contributed by atoms with van der Waals surface area (Å²) in [6.07, 6.45) is 2.73. The lowest BCUT2D eigenvalue weighted by molar-refractivity contribution is 0.415. The standard InChI is InChI=1S/C15H18N4O/c1-20-13-4-2-11(3-5-13)14-8-15(18-10-17-14)19-12-6-7-16-9-12/h2-5,8,10,12,16H,6-7,9H2,1H3,(H,17,18,19). The highest BCUT2D eigenvalue weighted by molar-refractivity contribution is 5.63. The lowest BCUT2D eigenvalue weighted by Gasteiger charge is -2.12. The zero-order chi connectivity index (χ0) is 13.8. The second-order valence-electron chi connectivity index (χ2n) is 4.85. The van der Waals surface area contributed by atoms with E-state index in [0.29, 0.717) is 6.04 Å². The van der Waals surface area contributed by atoms with Gasteiger partial charge in [-0.15, -0.1) is 0 Å². The second kappa shape index (κ2) is 5.88. The highest BCUT2D eigenvalue weighted by Gasteiger charge is 2.14. The van der Waals surface area contributed by atoms with Gasteiger partial charge in [0.05, 0.1) is 12.8 Å². The molecule has 1 aromatic heterocycles. The van der Waals surface area contributed by atoms with Crippen molar-refractivity contribution in [3.05, 3.63) is 36.7 Å². The summed E-state index contributed by atoms with van der Waals surface area (Å²) < 4.78 is 5.17. The summed E-state index contributed by atoms with van der Waals surface area (Å²) in [4.78, 5) is 8.62. The monoisotopic (exact) mass is 270 g/mol. The highest BCUT2D eigenvalue weighted by Crippen LogP contribution is 2.22. The van der Waals surface area contributed by atoms with E-state index < -0.39 is 0 Å². The van der Waals surface area contributed by atoms with Crippen molar-refractivity contribution in [3.8, 4) is 17.0 Å². The van der Waals surface area contributed by atoms with Crippen LogP contribution in [0.3, 0.4) is 0 Å². The van der Waals surface area contributed by atoms with Crippen molar-refractivity contribution in [1.29, 1.82) is 0 Å². The van der Waals surface area contributed by atoms with Crippen LogP contribution < -0.4 is 15.4 Å². The fourth-order valence-corrected chi connectivity index (χ4v) is 2.34. The number of nitrogens with zero attached hydrogens (tertiary/aromatic N) is 2. The molecule has 104 valence electrons. The number of benzene rings is 1. The van der Waals surface area contributed by atoms with Crippen LogP contribution >= 0.6 is 0 Å². The topological polar surface area (TPSA) is 59.1 Å². The minimum atomic E-state index is 0.452. The molecule has 2 heterocycles. The minimum absolute atomic E-state index is 0.452. The van der Waals surface area contributed by atoms with Gasteiger partial charge in [0.15, 0.2) is 0 Å². The molecule has 2 aromatic rings. The van der Waals surface area contributed by atoms with E-state index in [4.69, 9.17) is 4.74 Å². The summed E-state index contributed by atoms with van der Waals surface area (Å²) in [5, 5.41) is 6.77. The van der Waals surface area contributed by atoms with Gasteiger partial charge in [-0.3, -0.25) is 0 Å². The zero-order valence-corrected chi connectivity index (χ0v) is 11.5. The van der Waals surface area contributed by atoms with Crippen LogP contribution in [0.4, 0.5) is 5.82 Å². The molecule has 1 aliphatic heterocycles. The van der Waals surface area contributed by atoms with Crippen LogP contribution in [0, 0.1) is 0 Å². The third-order valence-electron chi connectivity index (χ3n) is 3.47. The Morgan fingerprint density at radius 1 is 1.25 bits per heavy atom. The van der Waals surface area contributed by atoms with Crippen molar-refractivity contribution in [3.63, 3.8) is 0 Å². The van der Waals surface area contributed by atoms with Crippen LogP contribution in [0.5, 0.6) is 5.75 Å². The molecule has 5 nitrogen and oxygen atoms in total. The summed E-state index contributed by atoms with van der Waals surface area (Å²) in [6, 6.07) is 10.3. The van der Waals surface area contributed by atoms with Crippen LogP contribution in [0.1, 0.15) is 6.42 Å². The normalized spacial score (nSPS) is 17.9.